The molecule has 0 bridgehead atoms. The molecule has 1 N–H and O–H groups in total. The van der Waals surface area contributed by atoms with Gasteiger partial charge in [-0.2, -0.15) is 0 Å². The quantitative estimate of drug-likeness (QED) is 0.585. The molecule has 1 aliphatic heterocycles. The van der Waals surface area contributed by atoms with Crippen molar-refractivity contribution in [1.82, 2.24) is 5.32 Å². The van der Waals surface area contributed by atoms with Crippen molar-refractivity contribution in [1.29, 1.82) is 0 Å². The smallest absolute Gasteiger partial charge is 0.0108 e. The van der Waals surface area contributed by atoms with Crippen LogP contribution in [0.5, 0.6) is 0 Å². The Morgan fingerprint density at radius 2 is 2.50 bits per heavy atom. The second-order valence-corrected chi connectivity index (χ2v) is 2.86. The molecule has 0 aliphatic carbocycles. The van der Waals surface area contributed by atoms with Crippen LogP contribution in [0.2, 0.25) is 0 Å². The summed E-state index contributed by atoms with van der Waals surface area (Å²) in [5, 5.41) is 3.41. The van der Waals surface area contributed by atoms with Gasteiger partial charge in [-0.05, 0) is 25.8 Å². The number of rotatable bonds is 3. The molecule has 1 aliphatic rings. The van der Waals surface area contributed by atoms with Crippen molar-refractivity contribution in [2.24, 2.45) is 0 Å². The minimum Gasteiger partial charge on any atom is -0.314 e. The van der Waals surface area contributed by atoms with E-state index >= 15 is 0 Å². The van der Waals surface area contributed by atoms with Gasteiger partial charge in [-0.3, -0.25) is 0 Å². The standard InChI is InChI=1S/C9H15N/c1-3-8(2)7-9-5-4-6-10-9/h3,9-10H,1-2,4-7H2. The second kappa shape index (κ2) is 3.57. The third-order valence-electron chi connectivity index (χ3n) is 1.96. The minimum absolute atomic E-state index is 0.672. The minimum atomic E-state index is 0.672. The average molecular weight is 137 g/mol. The Balaban J connectivity index is 2.23. The maximum absolute atomic E-state index is 3.88. The summed E-state index contributed by atoms with van der Waals surface area (Å²) < 4.78 is 0. The topological polar surface area (TPSA) is 12.0 Å². The first kappa shape index (κ1) is 7.55. The van der Waals surface area contributed by atoms with Crippen molar-refractivity contribution >= 4 is 0 Å². The molecule has 0 spiro atoms. The van der Waals surface area contributed by atoms with Crippen LogP contribution in [0, 0.1) is 0 Å². The van der Waals surface area contributed by atoms with E-state index in [1.807, 2.05) is 6.08 Å². The fraction of sp³-hybridized carbons (Fsp3) is 0.556. The monoisotopic (exact) mass is 137 g/mol. The van der Waals surface area contributed by atoms with Crippen LogP contribution in [0.3, 0.4) is 0 Å². The van der Waals surface area contributed by atoms with Gasteiger partial charge >= 0.3 is 0 Å². The van der Waals surface area contributed by atoms with Crippen molar-refractivity contribution in [3.63, 3.8) is 0 Å². The van der Waals surface area contributed by atoms with Gasteiger partial charge < -0.3 is 5.32 Å². The Hall–Kier alpha value is -0.560. The van der Waals surface area contributed by atoms with E-state index in [-0.39, 0.29) is 0 Å². The molecule has 1 nitrogen and oxygen atoms in total. The highest BCUT2D eigenvalue weighted by atomic mass is 14.9. The molecule has 0 aromatic carbocycles. The number of hydrogen-bond donors (Lipinski definition) is 1. The predicted octanol–water partition coefficient (Wildman–Crippen LogP) is 1.87. The van der Waals surface area contributed by atoms with E-state index in [9.17, 15) is 0 Å². The van der Waals surface area contributed by atoms with Gasteiger partial charge in [0.2, 0.25) is 0 Å². The van der Waals surface area contributed by atoms with Crippen LogP contribution in [-0.2, 0) is 0 Å². The van der Waals surface area contributed by atoms with E-state index in [1.165, 1.54) is 19.4 Å². The molecular weight excluding hydrogens is 122 g/mol. The molecule has 1 saturated heterocycles. The maximum Gasteiger partial charge on any atom is 0.0108 e. The van der Waals surface area contributed by atoms with E-state index in [4.69, 9.17) is 0 Å². The lowest BCUT2D eigenvalue weighted by molar-refractivity contribution is 0.606. The van der Waals surface area contributed by atoms with Crippen molar-refractivity contribution in [2.45, 2.75) is 25.3 Å². The first-order valence-corrected chi connectivity index (χ1v) is 3.86. The summed E-state index contributed by atoms with van der Waals surface area (Å²) in [4.78, 5) is 0. The van der Waals surface area contributed by atoms with Crippen LogP contribution in [0.15, 0.2) is 24.8 Å². The second-order valence-electron chi connectivity index (χ2n) is 2.86. The lowest BCUT2D eigenvalue weighted by atomic mass is 10.1. The zero-order valence-electron chi connectivity index (χ0n) is 6.40. The Labute approximate surface area is 62.8 Å². The van der Waals surface area contributed by atoms with Gasteiger partial charge in [0, 0.05) is 6.04 Å². The molecule has 0 aromatic heterocycles. The Morgan fingerprint density at radius 1 is 1.70 bits per heavy atom. The summed E-state index contributed by atoms with van der Waals surface area (Å²) in [6, 6.07) is 0.672. The lowest BCUT2D eigenvalue weighted by Gasteiger charge is -2.08. The first-order chi connectivity index (χ1) is 4.83. The van der Waals surface area contributed by atoms with Gasteiger partial charge in [0.15, 0.2) is 0 Å². The molecule has 0 aromatic rings. The highest BCUT2D eigenvalue weighted by Crippen LogP contribution is 2.13. The number of nitrogens with one attached hydrogen (secondary N) is 1. The SMILES string of the molecule is C=CC(=C)CC1CCCN1. The number of allylic oxidation sites excluding steroid dienone is 1. The van der Waals surface area contributed by atoms with Crippen LogP contribution in [0.1, 0.15) is 19.3 Å². The van der Waals surface area contributed by atoms with Crippen LogP contribution in [-0.4, -0.2) is 12.6 Å². The summed E-state index contributed by atoms with van der Waals surface area (Å²) >= 11 is 0. The van der Waals surface area contributed by atoms with Gasteiger partial charge in [-0.25, -0.2) is 0 Å². The molecule has 1 heteroatoms. The van der Waals surface area contributed by atoms with Crippen molar-refractivity contribution in [2.75, 3.05) is 6.54 Å². The third kappa shape index (κ3) is 1.99. The average Bonchev–Trinajstić information content (AvgIpc) is 2.40. The normalized spacial score (nSPS) is 24.6. The van der Waals surface area contributed by atoms with Gasteiger partial charge in [-0.15, -0.1) is 0 Å². The van der Waals surface area contributed by atoms with Crippen LogP contribution >= 0.6 is 0 Å². The van der Waals surface area contributed by atoms with Crippen LogP contribution in [0.25, 0.3) is 0 Å². The van der Waals surface area contributed by atoms with Gasteiger partial charge in [0.1, 0.15) is 0 Å². The molecule has 1 unspecified atom stereocenters. The lowest BCUT2D eigenvalue weighted by Crippen LogP contribution is -2.21. The van der Waals surface area contributed by atoms with Crippen LogP contribution in [0.4, 0.5) is 0 Å². The van der Waals surface area contributed by atoms with Crippen molar-refractivity contribution in [3.8, 4) is 0 Å². The third-order valence-corrected chi connectivity index (χ3v) is 1.96. The summed E-state index contributed by atoms with van der Waals surface area (Å²) in [5.74, 6) is 0. The van der Waals surface area contributed by atoms with Crippen LogP contribution < -0.4 is 5.32 Å². The predicted molar refractivity (Wildman–Crippen MR) is 45.0 cm³/mol. The fourth-order valence-corrected chi connectivity index (χ4v) is 1.33. The maximum atomic E-state index is 3.88. The highest BCUT2D eigenvalue weighted by molar-refractivity contribution is 5.12. The molecule has 10 heavy (non-hydrogen) atoms. The molecule has 0 radical (unpaired) electrons. The molecule has 56 valence electrons. The molecule has 0 saturated carbocycles. The zero-order chi connectivity index (χ0) is 7.40. The van der Waals surface area contributed by atoms with Gasteiger partial charge in [-0.1, -0.05) is 24.8 Å². The Bertz CT molecular complexity index is 132. The molecule has 1 fully saturated rings. The molecular formula is C9H15N. The van der Waals surface area contributed by atoms with Crippen molar-refractivity contribution < 1.29 is 0 Å². The van der Waals surface area contributed by atoms with Gasteiger partial charge in [0.25, 0.3) is 0 Å². The van der Waals surface area contributed by atoms with Crippen molar-refractivity contribution in [3.05, 3.63) is 24.8 Å². The Kier molecular flexibility index (Phi) is 2.69. The highest BCUT2D eigenvalue weighted by Gasteiger charge is 2.13. The van der Waals surface area contributed by atoms with E-state index in [1.54, 1.807) is 0 Å². The summed E-state index contributed by atoms with van der Waals surface area (Å²) in [6.07, 6.45) is 5.53. The first-order valence-electron chi connectivity index (χ1n) is 3.86. The molecule has 1 heterocycles. The zero-order valence-corrected chi connectivity index (χ0v) is 6.40. The molecule has 0 amide bonds. The van der Waals surface area contributed by atoms with E-state index in [0.29, 0.717) is 6.04 Å². The summed E-state index contributed by atoms with van der Waals surface area (Å²) in [5.41, 5.74) is 1.15. The summed E-state index contributed by atoms with van der Waals surface area (Å²) in [6.45, 7) is 8.73. The number of hydrogen-bond acceptors (Lipinski definition) is 1. The largest absolute Gasteiger partial charge is 0.314 e. The summed E-state index contributed by atoms with van der Waals surface area (Å²) in [7, 11) is 0. The van der Waals surface area contributed by atoms with E-state index in [2.05, 4.69) is 18.5 Å². The Morgan fingerprint density at radius 3 is 3.00 bits per heavy atom. The molecule has 1 atom stereocenters. The van der Waals surface area contributed by atoms with Gasteiger partial charge in [0.05, 0.1) is 0 Å². The fourth-order valence-electron chi connectivity index (χ4n) is 1.33. The van der Waals surface area contributed by atoms with E-state index < -0.39 is 0 Å². The van der Waals surface area contributed by atoms with E-state index in [0.717, 1.165) is 12.0 Å². The molecule has 1 rings (SSSR count).